The summed E-state index contributed by atoms with van der Waals surface area (Å²) in [4.78, 5) is 18.1. The molecule has 0 aliphatic carbocycles. The first-order valence-electron chi connectivity index (χ1n) is 5.45. The molecule has 0 saturated heterocycles. The van der Waals surface area contributed by atoms with Gasteiger partial charge in [-0.15, -0.1) is 0 Å². The lowest BCUT2D eigenvalue weighted by molar-refractivity contribution is -0.177. The molecule has 0 aliphatic rings. The summed E-state index contributed by atoms with van der Waals surface area (Å²) in [5.41, 5.74) is 0.719. The molecule has 0 fully saturated rings. The van der Waals surface area contributed by atoms with Crippen LogP contribution in [0.5, 0.6) is 0 Å². The van der Waals surface area contributed by atoms with Crippen LogP contribution in [0.2, 0.25) is 0 Å². The third-order valence-corrected chi connectivity index (χ3v) is 2.28. The molecule has 102 valence electrons. The zero-order valence-electron chi connectivity index (χ0n) is 10.4. The number of alkyl halides is 3. The zero-order chi connectivity index (χ0) is 13.9. The third kappa shape index (κ3) is 4.14. The van der Waals surface area contributed by atoms with Crippen LogP contribution in [0.15, 0.2) is 4.79 Å². The van der Waals surface area contributed by atoms with Crippen LogP contribution in [0.1, 0.15) is 36.8 Å². The smallest absolute Gasteiger partial charge is 0.364 e. The molecule has 1 rings (SSSR count). The molecule has 0 atom stereocenters. The molecule has 4 nitrogen and oxygen atoms in total. The highest BCUT2D eigenvalue weighted by atomic mass is 19.4. The first kappa shape index (κ1) is 14.7. The normalized spacial score (nSPS) is 12.2. The maximum absolute atomic E-state index is 11.9. The van der Waals surface area contributed by atoms with Gasteiger partial charge in [0.05, 0.1) is 0 Å². The summed E-state index contributed by atoms with van der Waals surface area (Å²) in [6.07, 6.45) is -4.38. The molecule has 1 heterocycles. The molecule has 0 radical (unpaired) electrons. The van der Waals surface area contributed by atoms with Gasteiger partial charge in [-0.3, -0.25) is 4.79 Å². The molecular formula is C11H15F3N2O2. The predicted molar refractivity (Wildman–Crippen MR) is 59.4 cm³/mol. The van der Waals surface area contributed by atoms with Gasteiger partial charge in [0.15, 0.2) is 0 Å². The van der Waals surface area contributed by atoms with E-state index in [1.54, 1.807) is 6.92 Å². The van der Waals surface area contributed by atoms with Gasteiger partial charge in [0.1, 0.15) is 19.0 Å². The van der Waals surface area contributed by atoms with Crippen LogP contribution in [-0.4, -0.2) is 22.8 Å². The van der Waals surface area contributed by atoms with Gasteiger partial charge in [0.25, 0.3) is 5.56 Å². The van der Waals surface area contributed by atoms with Crippen LogP contribution >= 0.6 is 0 Å². The zero-order valence-corrected chi connectivity index (χ0v) is 10.4. The number of aromatic amines is 1. The van der Waals surface area contributed by atoms with E-state index in [2.05, 4.69) is 14.7 Å². The molecule has 0 unspecified atom stereocenters. The highest BCUT2D eigenvalue weighted by molar-refractivity contribution is 5.19. The van der Waals surface area contributed by atoms with E-state index in [0.29, 0.717) is 11.3 Å². The molecule has 0 saturated carbocycles. The van der Waals surface area contributed by atoms with Crippen molar-refractivity contribution in [1.29, 1.82) is 0 Å². The van der Waals surface area contributed by atoms with E-state index in [9.17, 15) is 18.0 Å². The Bertz CT molecular complexity index is 466. The van der Waals surface area contributed by atoms with Crippen LogP contribution < -0.4 is 5.56 Å². The van der Waals surface area contributed by atoms with Crippen molar-refractivity contribution in [2.45, 2.75) is 39.5 Å². The van der Waals surface area contributed by atoms with Crippen LogP contribution in [0.3, 0.4) is 0 Å². The van der Waals surface area contributed by atoms with E-state index < -0.39 is 12.8 Å². The molecule has 1 aromatic heterocycles. The number of hydrogen-bond donors (Lipinski definition) is 1. The minimum atomic E-state index is -4.38. The predicted octanol–water partition coefficient (Wildman–Crippen LogP) is 2.28. The number of halogens is 3. The second kappa shape index (κ2) is 5.51. The summed E-state index contributed by atoms with van der Waals surface area (Å²) in [5.74, 6) is 0.109. The average molecular weight is 264 g/mol. The van der Waals surface area contributed by atoms with Gasteiger partial charge >= 0.3 is 6.18 Å². The number of H-pyrrole nitrogens is 1. The lowest BCUT2D eigenvalue weighted by Gasteiger charge is -2.10. The largest absolute Gasteiger partial charge is 0.411 e. The Morgan fingerprint density at radius 1 is 1.39 bits per heavy atom. The van der Waals surface area contributed by atoms with Crippen LogP contribution in [0, 0.1) is 6.92 Å². The fourth-order valence-corrected chi connectivity index (χ4v) is 1.67. The Labute approximate surface area is 102 Å². The number of aromatic nitrogens is 2. The molecule has 7 heteroatoms. The summed E-state index contributed by atoms with van der Waals surface area (Å²) >= 11 is 0. The fraction of sp³-hybridized carbons (Fsp3) is 0.636. The first-order valence-corrected chi connectivity index (χ1v) is 5.45. The van der Waals surface area contributed by atoms with E-state index in [4.69, 9.17) is 0 Å². The van der Waals surface area contributed by atoms with Crippen LogP contribution in [0.25, 0.3) is 0 Å². The maximum atomic E-state index is 11.9. The number of aryl methyl sites for hydroxylation is 1. The Morgan fingerprint density at radius 2 is 2.00 bits per heavy atom. The Kier molecular flexibility index (Phi) is 4.50. The Balaban J connectivity index is 2.78. The van der Waals surface area contributed by atoms with Crippen molar-refractivity contribution in [1.82, 2.24) is 9.97 Å². The Morgan fingerprint density at radius 3 is 2.44 bits per heavy atom. The van der Waals surface area contributed by atoms with E-state index in [0.717, 1.165) is 0 Å². The molecule has 0 aliphatic heterocycles. The molecule has 0 spiro atoms. The van der Waals surface area contributed by atoms with E-state index in [1.165, 1.54) is 0 Å². The minimum absolute atomic E-state index is 0.00592. The van der Waals surface area contributed by atoms with E-state index >= 15 is 0 Å². The molecule has 1 aromatic rings. The first-order chi connectivity index (χ1) is 8.20. The summed E-state index contributed by atoms with van der Waals surface area (Å²) in [6.45, 7) is 3.62. The maximum Gasteiger partial charge on any atom is 0.411 e. The van der Waals surface area contributed by atoms with Crippen molar-refractivity contribution in [2.75, 3.05) is 6.61 Å². The summed E-state index contributed by atoms with van der Waals surface area (Å²) in [5, 5.41) is 0. The number of nitrogens with one attached hydrogen (secondary N) is 1. The average Bonchev–Trinajstić information content (AvgIpc) is 2.13. The lowest BCUT2D eigenvalue weighted by Crippen LogP contribution is -2.22. The van der Waals surface area contributed by atoms with Crippen molar-refractivity contribution in [3.8, 4) is 0 Å². The quantitative estimate of drug-likeness (QED) is 0.907. The molecule has 1 N–H and O–H groups in total. The second-order valence-corrected chi connectivity index (χ2v) is 4.27. The van der Waals surface area contributed by atoms with Gasteiger partial charge in [-0.2, -0.15) is 13.2 Å². The molecule has 0 bridgehead atoms. The van der Waals surface area contributed by atoms with Crippen molar-refractivity contribution in [3.05, 3.63) is 27.4 Å². The summed E-state index contributed by atoms with van der Waals surface area (Å²) in [6, 6.07) is 0. The Hall–Kier alpha value is -1.37. The van der Waals surface area contributed by atoms with Gasteiger partial charge < -0.3 is 9.72 Å². The topological polar surface area (TPSA) is 55.0 Å². The summed E-state index contributed by atoms with van der Waals surface area (Å²) in [7, 11) is 0. The fourth-order valence-electron chi connectivity index (χ4n) is 1.67. The standard InChI is InChI=1S/C11H15F3N2O2/c1-6(2)9-7(3)15-8(16-10(9)17)4-18-5-11(12,13)14/h6H,4-5H2,1-3H3,(H,15,16,17). The number of nitrogens with zero attached hydrogens (tertiary/aromatic N) is 1. The van der Waals surface area contributed by atoms with Crippen molar-refractivity contribution < 1.29 is 17.9 Å². The molecule has 18 heavy (non-hydrogen) atoms. The highest BCUT2D eigenvalue weighted by Gasteiger charge is 2.27. The van der Waals surface area contributed by atoms with Crippen molar-refractivity contribution in [3.63, 3.8) is 0 Å². The monoisotopic (exact) mass is 264 g/mol. The molecule has 0 amide bonds. The van der Waals surface area contributed by atoms with Crippen molar-refractivity contribution >= 4 is 0 Å². The highest BCUT2D eigenvalue weighted by Crippen LogP contribution is 2.15. The minimum Gasteiger partial charge on any atom is -0.364 e. The SMILES string of the molecule is Cc1nc(COCC(F)(F)F)[nH]c(=O)c1C(C)C. The van der Waals surface area contributed by atoms with E-state index in [1.807, 2.05) is 13.8 Å². The third-order valence-electron chi connectivity index (χ3n) is 2.28. The van der Waals surface area contributed by atoms with Gasteiger partial charge in [0, 0.05) is 11.3 Å². The molecular weight excluding hydrogens is 249 g/mol. The summed E-state index contributed by atoms with van der Waals surface area (Å²) < 4.78 is 40.0. The van der Waals surface area contributed by atoms with Gasteiger partial charge in [0.2, 0.25) is 0 Å². The lowest BCUT2D eigenvalue weighted by atomic mass is 10.0. The number of rotatable bonds is 4. The van der Waals surface area contributed by atoms with Crippen molar-refractivity contribution in [2.24, 2.45) is 0 Å². The number of hydrogen-bond acceptors (Lipinski definition) is 3. The molecule has 0 aromatic carbocycles. The second-order valence-electron chi connectivity index (χ2n) is 4.27. The van der Waals surface area contributed by atoms with Gasteiger partial charge in [-0.05, 0) is 12.8 Å². The van der Waals surface area contributed by atoms with Crippen LogP contribution in [0.4, 0.5) is 13.2 Å². The van der Waals surface area contributed by atoms with Crippen LogP contribution in [-0.2, 0) is 11.3 Å². The van der Waals surface area contributed by atoms with Gasteiger partial charge in [-0.1, -0.05) is 13.8 Å². The van der Waals surface area contributed by atoms with E-state index in [-0.39, 0.29) is 23.9 Å². The number of ether oxygens (including phenoxy) is 1. The van der Waals surface area contributed by atoms with Gasteiger partial charge in [-0.25, -0.2) is 4.98 Å².